The number of hydrogen-bond acceptors (Lipinski definition) is 8. The maximum atomic E-state index is 13.0. The molecule has 13 nitrogen and oxygen atoms in total. The average Bonchev–Trinajstić information content (AvgIpc) is 3.27. The molecule has 8 N–H and O–H groups in total. The minimum atomic E-state index is -1.47. The highest BCUT2D eigenvalue weighted by atomic mass is 32.1. The molecule has 1 aromatic heterocycles. The van der Waals surface area contributed by atoms with Gasteiger partial charge in [-0.25, -0.2) is 9.78 Å². The highest BCUT2D eigenvalue weighted by Gasteiger charge is 2.31. The van der Waals surface area contributed by atoms with Crippen molar-refractivity contribution in [1.29, 1.82) is 0 Å². The average molecular weight is 501 g/mol. The number of carboxylic acid groups (broad SMARTS) is 2. The standard InChI is InChI=1S/C20H32N6O7S/c1-10(2)5-14(25-17(29)12(21)8-34)18(30)26-15(6-11-7-22-9-23-11)19(31)24-13(20(32)33)3-4-16(27)28/h7,9-10,12-15,34H,3-6,8,21H2,1-2H3,(H,22,23)(H,24,31)(H,25,29)(H,26,30)(H,27,28)(H,32,33). The number of hydrogen-bond donors (Lipinski definition) is 8. The van der Waals surface area contributed by atoms with Crippen LogP contribution in [0.15, 0.2) is 12.5 Å². The number of H-pyrrole nitrogens is 1. The van der Waals surface area contributed by atoms with Gasteiger partial charge in [0.2, 0.25) is 17.7 Å². The van der Waals surface area contributed by atoms with Gasteiger partial charge in [0, 0.05) is 30.5 Å². The molecule has 1 heterocycles. The van der Waals surface area contributed by atoms with Crippen LogP contribution in [0.4, 0.5) is 0 Å². The molecule has 14 heteroatoms. The molecule has 0 saturated heterocycles. The maximum absolute atomic E-state index is 13.0. The number of nitrogens with one attached hydrogen (secondary N) is 4. The van der Waals surface area contributed by atoms with Crippen LogP contribution in [0.1, 0.15) is 38.8 Å². The third-order valence-corrected chi connectivity index (χ3v) is 5.14. The van der Waals surface area contributed by atoms with Crippen molar-refractivity contribution in [2.45, 2.75) is 63.7 Å². The van der Waals surface area contributed by atoms with Crippen LogP contribution in [0.2, 0.25) is 0 Å². The highest BCUT2D eigenvalue weighted by Crippen LogP contribution is 2.08. The zero-order valence-corrected chi connectivity index (χ0v) is 19.9. The van der Waals surface area contributed by atoms with Crippen molar-refractivity contribution in [2.24, 2.45) is 11.7 Å². The summed E-state index contributed by atoms with van der Waals surface area (Å²) < 4.78 is 0. The molecule has 0 aromatic carbocycles. The lowest BCUT2D eigenvalue weighted by atomic mass is 10.0. The lowest BCUT2D eigenvalue weighted by molar-refractivity contribution is -0.143. The van der Waals surface area contributed by atoms with Crippen LogP contribution in [0.25, 0.3) is 0 Å². The summed E-state index contributed by atoms with van der Waals surface area (Å²) in [7, 11) is 0. The fourth-order valence-corrected chi connectivity index (χ4v) is 3.13. The number of amides is 3. The van der Waals surface area contributed by atoms with E-state index in [1.54, 1.807) is 0 Å². The Morgan fingerprint density at radius 1 is 1.03 bits per heavy atom. The number of aromatic nitrogens is 2. The van der Waals surface area contributed by atoms with E-state index in [0.29, 0.717) is 5.69 Å². The second-order valence-electron chi connectivity index (χ2n) is 8.15. The zero-order valence-electron chi connectivity index (χ0n) is 19.0. The Bertz CT molecular complexity index is 848. The lowest BCUT2D eigenvalue weighted by Gasteiger charge is -2.25. The summed E-state index contributed by atoms with van der Waals surface area (Å²) in [5.41, 5.74) is 6.16. The van der Waals surface area contributed by atoms with Crippen LogP contribution >= 0.6 is 12.6 Å². The van der Waals surface area contributed by atoms with E-state index in [9.17, 15) is 29.1 Å². The molecule has 3 amide bonds. The van der Waals surface area contributed by atoms with Crippen LogP contribution in [-0.4, -0.2) is 79.8 Å². The molecule has 4 unspecified atom stereocenters. The monoisotopic (exact) mass is 500 g/mol. The van der Waals surface area contributed by atoms with Crippen LogP contribution in [0, 0.1) is 5.92 Å². The minimum absolute atomic E-state index is 0.00979. The van der Waals surface area contributed by atoms with Crippen molar-refractivity contribution in [3.8, 4) is 0 Å². The van der Waals surface area contributed by atoms with Crippen molar-refractivity contribution in [1.82, 2.24) is 25.9 Å². The summed E-state index contributed by atoms with van der Waals surface area (Å²) in [6.45, 7) is 3.69. The van der Waals surface area contributed by atoms with Crippen molar-refractivity contribution < 1.29 is 34.2 Å². The summed E-state index contributed by atoms with van der Waals surface area (Å²) in [6.07, 6.45) is 2.20. The number of imidazole rings is 1. The Morgan fingerprint density at radius 2 is 1.62 bits per heavy atom. The summed E-state index contributed by atoms with van der Waals surface area (Å²) in [6, 6.07) is -4.63. The van der Waals surface area contributed by atoms with E-state index in [4.69, 9.17) is 10.8 Å². The Balaban J connectivity index is 3.05. The van der Waals surface area contributed by atoms with E-state index in [1.807, 2.05) is 13.8 Å². The summed E-state index contributed by atoms with van der Waals surface area (Å²) in [5, 5.41) is 25.5. The second-order valence-corrected chi connectivity index (χ2v) is 8.52. The van der Waals surface area contributed by atoms with Gasteiger partial charge in [-0.1, -0.05) is 13.8 Å². The first-order valence-electron chi connectivity index (χ1n) is 10.6. The first-order valence-corrected chi connectivity index (χ1v) is 11.3. The molecule has 1 rings (SSSR count). The number of nitrogens with two attached hydrogens (primary N) is 1. The number of carbonyl (C=O) groups excluding carboxylic acids is 3. The van der Waals surface area contributed by atoms with Gasteiger partial charge in [-0.15, -0.1) is 0 Å². The van der Waals surface area contributed by atoms with Crippen LogP contribution in [0.3, 0.4) is 0 Å². The Morgan fingerprint density at radius 3 is 2.12 bits per heavy atom. The van der Waals surface area contributed by atoms with Gasteiger partial charge in [-0.2, -0.15) is 12.6 Å². The normalized spacial score (nSPS) is 14.5. The van der Waals surface area contributed by atoms with E-state index < -0.39 is 60.2 Å². The van der Waals surface area contributed by atoms with E-state index >= 15 is 0 Å². The zero-order chi connectivity index (χ0) is 25.8. The highest BCUT2D eigenvalue weighted by molar-refractivity contribution is 7.80. The fourth-order valence-electron chi connectivity index (χ4n) is 2.96. The van der Waals surface area contributed by atoms with Gasteiger partial charge >= 0.3 is 11.9 Å². The quantitative estimate of drug-likeness (QED) is 0.133. The van der Waals surface area contributed by atoms with Gasteiger partial charge in [0.1, 0.15) is 18.1 Å². The maximum Gasteiger partial charge on any atom is 0.326 e. The Labute approximate surface area is 202 Å². The molecule has 0 saturated carbocycles. The number of rotatable bonds is 15. The van der Waals surface area contributed by atoms with E-state index in [-0.39, 0.29) is 30.9 Å². The molecule has 1 aromatic rings. The van der Waals surface area contributed by atoms with E-state index in [2.05, 4.69) is 38.5 Å². The first kappa shape index (κ1) is 28.9. The van der Waals surface area contributed by atoms with Gasteiger partial charge in [-0.05, 0) is 18.8 Å². The van der Waals surface area contributed by atoms with E-state index in [1.165, 1.54) is 12.5 Å². The molecule has 4 atom stereocenters. The third kappa shape index (κ3) is 10.2. The number of nitrogens with zero attached hydrogens (tertiary/aromatic N) is 1. The molecule has 34 heavy (non-hydrogen) atoms. The lowest BCUT2D eigenvalue weighted by Crippen LogP contribution is -2.58. The van der Waals surface area contributed by atoms with Gasteiger partial charge < -0.3 is 36.9 Å². The molecule has 190 valence electrons. The smallest absolute Gasteiger partial charge is 0.326 e. The van der Waals surface area contributed by atoms with Crippen LogP contribution in [-0.2, 0) is 30.4 Å². The van der Waals surface area contributed by atoms with E-state index in [0.717, 1.165) is 0 Å². The Hall–Kier alpha value is -3.13. The molecule has 0 fully saturated rings. The Kier molecular flexibility index (Phi) is 12.1. The first-order chi connectivity index (χ1) is 15.9. The van der Waals surface area contributed by atoms with Gasteiger partial charge in [0.25, 0.3) is 0 Å². The van der Waals surface area contributed by atoms with Crippen molar-refractivity contribution in [3.63, 3.8) is 0 Å². The SMILES string of the molecule is CC(C)CC(NC(=O)C(N)CS)C(=O)NC(Cc1cnc[nH]1)C(=O)NC(CCC(=O)O)C(=O)O. The second kappa shape index (κ2) is 14.2. The molecule has 0 aliphatic rings. The number of thiol groups is 1. The van der Waals surface area contributed by atoms with Crippen molar-refractivity contribution >= 4 is 42.3 Å². The molecule has 0 aliphatic carbocycles. The van der Waals surface area contributed by atoms with Crippen LogP contribution < -0.4 is 21.7 Å². The summed E-state index contributed by atoms with van der Waals surface area (Å²) >= 11 is 3.98. The van der Waals surface area contributed by atoms with Crippen molar-refractivity contribution in [3.05, 3.63) is 18.2 Å². The molecule has 0 radical (unpaired) electrons. The molecule has 0 aliphatic heterocycles. The number of aliphatic carboxylic acids is 2. The number of carboxylic acids is 2. The molecule has 0 spiro atoms. The number of carbonyl (C=O) groups is 5. The minimum Gasteiger partial charge on any atom is -0.481 e. The largest absolute Gasteiger partial charge is 0.481 e. The predicted molar refractivity (Wildman–Crippen MR) is 124 cm³/mol. The molecular weight excluding hydrogens is 468 g/mol. The van der Waals surface area contributed by atoms with Gasteiger partial charge in [-0.3, -0.25) is 19.2 Å². The summed E-state index contributed by atoms with van der Waals surface area (Å²) in [4.78, 5) is 67.1. The molecular formula is C20H32N6O7S. The predicted octanol–water partition coefficient (Wildman–Crippen LogP) is -1.34. The fraction of sp³-hybridized carbons (Fsp3) is 0.600. The van der Waals surface area contributed by atoms with Gasteiger partial charge in [0.15, 0.2) is 0 Å². The summed E-state index contributed by atoms with van der Waals surface area (Å²) in [5.74, 6) is -4.62. The van der Waals surface area contributed by atoms with Crippen molar-refractivity contribution in [2.75, 3.05) is 5.75 Å². The molecule has 0 bridgehead atoms. The topological polar surface area (TPSA) is 217 Å². The number of aromatic amines is 1. The van der Waals surface area contributed by atoms with Gasteiger partial charge in [0.05, 0.1) is 12.4 Å². The van der Waals surface area contributed by atoms with Crippen LogP contribution in [0.5, 0.6) is 0 Å². The third-order valence-electron chi connectivity index (χ3n) is 4.75.